The Balaban J connectivity index is 1.33. The number of carbonyl (C=O) groups excluding carboxylic acids is 2. The molecule has 0 aromatic carbocycles. The number of rotatable bonds is 7. The first kappa shape index (κ1) is 21.4. The van der Waals surface area contributed by atoms with Gasteiger partial charge in [-0.25, -0.2) is 9.78 Å². The molecule has 32 heavy (non-hydrogen) atoms. The topological polar surface area (TPSA) is 122 Å². The molecule has 0 saturated carbocycles. The van der Waals surface area contributed by atoms with Gasteiger partial charge in [0, 0.05) is 42.9 Å². The maximum Gasteiger partial charge on any atom is 0.407 e. The average Bonchev–Trinajstić information content (AvgIpc) is 3.53. The maximum absolute atomic E-state index is 12.3. The van der Waals surface area contributed by atoms with Gasteiger partial charge in [0.05, 0.1) is 18.2 Å². The van der Waals surface area contributed by atoms with E-state index in [1.54, 1.807) is 30.7 Å². The van der Waals surface area contributed by atoms with E-state index >= 15 is 0 Å². The number of carbonyl (C=O) groups is 2. The molecule has 0 fully saturated rings. The number of hydrogen-bond acceptors (Lipinski definition) is 7. The Hall–Kier alpha value is -3.84. The molecule has 1 aliphatic rings. The molecule has 164 valence electrons. The average molecular weight is 452 g/mol. The van der Waals surface area contributed by atoms with Crippen molar-refractivity contribution < 1.29 is 18.7 Å². The van der Waals surface area contributed by atoms with E-state index in [2.05, 4.69) is 21.7 Å². The van der Waals surface area contributed by atoms with Gasteiger partial charge in [0.2, 0.25) is 5.91 Å². The van der Waals surface area contributed by atoms with Gasteiger partial charge in [-0.1, -0.05) is 0 Å². The summed E-state index contributed by atoms with van der Waals surface area (Å²) in [4.78, 5) is 29.3. The number of nitrogens with zero attached hydrogens (tertiary/aromatic N) is 3. The van der Waals surface area contributed by atoms with Crippen molar-refractivity contribution in [3.63, 3.8) is 0 Å². The second-order valence-electron chi connectivity index (χ2n) is 7.16. The lowest BCUT2D eigenvalue weighted by Gasteiger charge is -2.22. The van der Waals surface area contributed by atoms with Crippen LogP contribution < -0.4 is 10.6 Å². The molecular formula is C22H21N5O4S. The molecule has 3 aromatic heterocycles. The van der Waals surface area contributed by atoms with Gasteiger partial charge in [0.25, 0.3) is 0 Å². The number of ether oxygens (including phenoxy) is 1. The summed E-state index contributed by atoms with van der Waals surface area (Å²) in [5.74, 6) is 0.219. The van der Waals surface area contributed by atoms with Crippen LogP contribution in [0.15, 0.2) is 47.6 Å². The minimum Gasteiger partial charge on any atom is -0.465 e. The fraction of sp³-hybridized carbons (Fsp3) is 0.273. The van der Waals surface area contributed by atoms with E-state index in [1.165, 1.54) is 23.7 Å². The molecule has 4 rings (SSSR count). The van der Waals surface area contributed by atoms with Crippen molar-refractivity contribution in [2.45, 2.75) is 31.9 Å². The van der Waals surface area contributed by atoms with E-state index in [9.17, 15) is 14.9 Å². The van der Waals surface area contributed by atoms with Crippen LogP contribution in [-0.2, 0) is 28.9 Å². The number of aromatic nitrogens is 2. The van der Waals surface area contributed by atoms with Crippen LogP contribution >= 0.6 is 11.3 Å². The zero-order chi connectivity index (χ0) is 22.3. The first-order valence-corrected chi connectivity index (χ1v) is 10.9. The highest BCUT2D eigenvalue weighted by molar-refractivity contribution is 7.16. The highest BCUT2D eigenvalue weighted by atomic mass is 32.1. The molecule has 2 N–H and O–H groups in total. The van der Waals surface area contributed by atoms with Crippen molar-refractivity contribution in [1.82, 2.24) is 14.9 Å². The smallest absolute Gasteiger partial charge is 0.407 e. The number of thiophene rings is 1. The number of hydrogen-bond donors (Lipinski definition) is 2. The first-order valence-electron chi connectivity index (χ1n) is 10.1. The third-order valence-electron chi connectivity index (χ3n) is 4.98. The van der Waals surface area contributed by atoms with Crippen molar-refractivity contribution >= 4 is 34.4 Å². The summed E-state index contributed by atoms with van der Waals surface area (Å²) in [6.07, 6.45) is 10.6. The van der Waals surface area contributed by atoms with Gasteiger partial charge >= 0.3 is 6.09 Å². The van der Waals surface area contributed by atoms with Crippen molar-refractivity contribution in [1.29, 1.82) is 5.26 Å². The first-order chi connectivity index (χ1) is 15.6. The lowest BCUT2D eigenvalue weighted by molar-refractivity contribution is -0.111. The van der Waals surface area contributed by atoms with Crippen molar-refractivity contribution in [2.75, 3.05) is 11.9 Å². The number of fused-ring (bicyclic) bond motifs is 1. The molecule has 1 unspecified atom stereocenters. The third-order valence-corrected chi connectivity index (χ3v) is 6.15. The fourth-order valence-electron chi connectivity index (χ4n) is 3.46. The van der Waals surface area contributed by atoms with Crippen LogP contribution in [0.25, 0.3) is 6.08 Å². The summed E-state index contributed by atoms with van der Waals surface area (Å²) in [6, 6.07) is 5.67. The van der Waals surface area contributed by atoms with Gasteiger partial charge < -0.3 is 24.4 Å². The Bertz CT molecular complexity index is 1140. The Morgan fingerprint density at radius 1 is 1.47 bits per heavy atom. The van der Waals surface area contributed by atoms with Crippen LogP contribution in [0.2, 0.25) is 0 Å². The standard InChI is InChI=1S/C22H21N5O4S/c23-13-18-17-5-3-16(31-22(29)25-8-10-27-9-7-24-14-27)12-19(17)32-21(18)26-20(28)6-4-15-2-1-11-30-15/h1-2,4,6-7,9,11,14,16H,3,5,8,10,12H2,(H,25,29)(H,26,28). The highest BCUT2D eigenvalue weighted by Crippen LogP contribution is 2.38. The molecule has 10 heteroatoms. The number of imidazole rings is 1. The van der Waals surface area contributed by atoms with Crippen molar-refractivity contribution in [3.05, 3.63) is 65.0 Å². The lowest BCUT2D eigenvalue weighted by Crippen LogP contribution is -2.33. The van der Waals surface area contributed by atoms with Crippen LogP contribution in [0, 0.1) is 11.3 Å². The van der Waals surface area contributed by atoms with Crippen LogP contribution in [0.5, 0.6) is 0 Å². The quantitative estimate of drug-likeness (QED) is 0.531. The Labute approximate surface area is 188 Å². The SMILES string of the molecule is N#Cc1c(NC(=O)C=Cc2ccco2)sc2c1CCC(OC(=O)NCCn1ccnc1)C2. The Kier molecular flexibility index (Phi) is 6.67. The van der Waals surface area contributed by atoms with Crippen molar-refractivity contribution in [3.8, 4) is 6.07 Å². The van der Waals surface area contributed by atoms with Gasteiger partial charge in [-0.3, -0.25) is 4.79 Å². The van der Waals surface area contributed by atoms with E-state index in [1.807, 2.05) is 10.8 Å². The summed E-state index contributed by atoms with van der Waals surface area (Å²) in [6.45, 7) is 1.05. The molecule has 3 heterocycles. The molecule has 3 aromatic rings. The van der Waals surface area contributed by atoms with E-state index < -0.39 is 6.09 Å². The monoisotopic (exact) mass is 451 g/mol. The summed E-state index contributed by atoms with van der Waals surface area (Å²) < 4.78 is 12.6. The third kappa shape index (κ3) is 5.25. The second kappa shape index (κ2) is 9.98. The number of nitrogens with one attached hydrogen (secondary N) is 2. The summed E-state index contributed by atoms with van der Waals surface area (Å²) in [5.41, 5.74) is 1.40. The summed E-state index contributed by atoms with van der Waals surface area (Å²) in [7, 11) is 0. The number of amides is 2. The van der Waals surface area contributed by atoms with E-state index in [4.69, 9.17) is 9.15 Å². The number of nitriles is 1. The lowest BCUT2D eigenvalue weighted by atomic mass is 9.94. The van der Waals surface area contributed by atoms with Gasteiger partial charge in [0.1, 0.15) is 22.9 Å². The van der Waals surface area contributed by atoms with E-state index in [0.717, 1.165) is 10.4 Å². The fourth-order valence-corrected chi connectivity index (χ4v) is 4.72. The molecule has 0 radical (unpaired) electrons. The maximum atomic E-state index is 12.3. The minimum atomic E-state index is -0.466. The molecule has 0 saturated heterocycles. The molecule has 0 bridgehead atoms. The second-order valence-corrected chi connectivity index (χ2v) is 8.26. The van der Waals surface area contributed by atoms with E-state index in [0.29, 0.717) is 48.7 Å². The molecule has 1 atom stereocenters. The van der Waals surface area contributed by atoms with Gasteiger partial charge in [-0.2, -0.15) is 5.26 Å². The minimum absolute atomic E-state index is 0.275. The van der Waals surface area contributed by atoms with E-state index in [-0.39, 0.29) is 12.0 Å². The number of furan rings is 1. The van der Waals surface area contributed by atoms with Gasteiger partial charge in [0.15, 0.2) is 0 Å². The zero-order valence-electron chi connectivity index (χ0n) is 17.1. The van der Waals surface area contributed by atoms with Gasteiger partial charge in [-0.05, 0) is 36.6 Å². The Morgan fingerprint density at radius 2 is 2.38 bits per heavy atom. The zero-order valence-corrected chi connectivity index (χ0v) is 17.9. The highest BCUT2D eigenvalue weighted by Gasteiger charge is 2.28. The predicted molar refractivity (Wildman–Crippen MR) is 118 cm³/mol. The Morgan fingerprint density at radius 3 is 3.12 bits per heavy atom. The molecule has 1 aliphatic carbocycles. The van der Waals surface area contributed by atoms with Crippen LogP contribution in [0.4, 0.5) is 9.80 Å². The molecule has 0 aliphatic heterocycles. The van der Waals surface area contributed by atoms with Crippen molar-refractivity contribution in [2.24, 2.45) is 0 Å². The van der Waals surface area contributed by atoms with Crippen LogP contribution in [-0.4, -0.2) is 34.2 Å². The largest absolute Gasteiger partial charge is 0.465 e. The van der Waals surface area contributed by atoms with Gasteiger partial charge in [-0.15, -0.1) is 11.3 Å². The van der Waals surface area contributed by atoms with Crippen LogP contribution in [0.1, 0.15) is 28.2 Å². The molecule has 0 spiro atoms. The molecule has 2 amide bonds. The predicted octanol–water partition coefficient (Wildman–Crippen LogP) is 3.34. The van der Waals surface area contributed by atoms with Crippen LogP contribution in [0.3, 0.4) is 0 Å². The normalized spacial score (nSPS) is 15.2. The molecule has 9 nitrogen and oxygen atoms in total. The summed E-state index contributed by atoms with van der Waals surface area (Å²) >= 11 is 1.35. The number of alkyl carbamates (subject to hydrolysis) is 1. The number of anilines is 1. The molecular weight excluding hydrogens is 430 g/mol. The summed E-state index contributed by atoms with van der Waals surface area (Å²) in [5, 5.41) is 15.6.